The largest absolute Gasteiger partial charge is 0.497 e. The van der Waals surface area contributed by atoms with E-state index in [0.29, 0.717) is 43.5 Å². The van der Waals surface area contributed by atoms with Crippen molar-refractivity contribution in [2.24, 2.45) is 0 Å². The smallest absolute Gasteiger partial charge is 0.410 e. The molecule has 3 aromatic rings. The molecule has 0 saturated carbocycles. The molecule has 1 fully saturated rings. The summed E-state index contributed by atoms with van der Waals surface area (Å²) in [5.41, 5.74) is 0.877. The Morgan fingerprint density at radius 3 is 2.79 bits per heavy atom. The van der Waals surface area contributed by atoms with Crippen LogP contribution < -0.4 is 10.1 Å². The molecular formula is C25H32N8O5. The minimum Gasteiger partial charge on any atom is -0.497 e. The second kappa shape index (κ2) is 11.5. The lowest BCUT2D eigenvalue weighted by molar-refractivity contribution is -0.0497. The van der Waals surface area contributed by atoms with E-state index < -0.39 is 5.60 Å². The van der Waals surface area contributed by atoms with E-state index in [1.54, 1.807) is 18.9 Å². The van der Waals surface area contributed by atoms with Crippen LogP contribution in [0.4, 0.5) is 4.79 Å². The monoisotopic (exact) mass is 524 g/mol. The Kier molecular flexibility index (Phi) is 8.15. The fourth-order valence-corrected chi connectivity index (χ4v) is 3.78. The first-order valence-corrected chi connectivity index (χ1v) is 12.2. The Morgan fingerprint density at radius 2 is 2.03 bits per heavy atom. The summed E-state index contributed by atoms with van der Waals surface area (Å²) >= 11 is 0. The quantitative estimate of drug-likeness (QED) is 0.487. The fraction of sp³-hybridized carbons (Fsp3) is 0.480. The number of rotatable bonds is 7. The third-order valence-corrected chi connectivity index (χ3v) is 5.50. The maximum absolute atomic E-state index is 12.8. The van der Waals surface area contributed by atoms with Gasteiger partial charge in [-0.25, -0.2) is 14.8 Å². The van der Waals surface area contributed by atoms with Crippen LogP contribution in [0.3, 0.4) is 0 Å². The average Bonchev–Trinajstić information content (AvgIpc) is 3.34. The van der Waals surface area contributed by atoms with Gasteiger partial charge >= 0.3 is 6.09 Å². The fourth-order valence-electron chi connectivity index (χ4n) is 3.78. The van der Waals surface area contributed by atoms with Crippen molar-refractivity contribution in [2.75, 3.05) is 26.8 Å². The van der Waals surface area contributed by atoms with Crippen LogP contribution in [0.15, 0.2) is 30.3 Å². The van der Waals surface area contributed by atoms with E-state index in [1.807, 2.05) is 45.0 Å². The van der Waals surface area contributed by atoms with E-state index in [0.717, 1.165) is 5.56 Å². The molecule has 2 amide bonds. The molecule has 4 rings (SSSR count). The first kappa shape index (κ1) is 26.9. The number of tetrazole rings is 1. The summed E-state index contributed by atoms with van der Waals surface area (Å²) < 4.78 is 16.5. The van der Waals surface area contributed by atoms with Gasteiger partial charge in [-0.3, -0.25) is 4.79 Å². The third-order valence-electron chi connectivity index (χ3n) is 5.50. The zero-order chi connectivity index (χ0) is 27.3. The number of aromatic nitrogens is 6. The normalized spacial score (nSPS) is 15.7. The lowest BCUT2D eigenvalue weighted by Gasteiger charge is -2.33. The molecule has 1 aromatic carbocycles. The summed E-state index contributed by atoms with van der Waals surface area (Å²) in [6.45, 7) is 8.94. The molecule has 1 atom stereocenters. The van der Waals surface area contributed by atoms with Crippen molar-refractivity contribution in [3.05, 3.63) is 47.4 Å². The molecule has 0 radical (unpaired) electrons. The number of hydrogen-bond donors (Lipinski definition) is 1. The number of nitrogens with one attached hydrogen (secondary N) is 1. The zero-order valence-corrected chi connectivity index (χ0v) is 22.2. The average molecular weight is 525 g/mol. The molecule has 1 N–H and O–H groups in total. The molecule has 0 aliphatic carbocycles. The summed E-state index contributed by atoms with van der Waals surface area (Å²) in [7, 11) is 1.59. The first-order valence-electron chi connectivity index (χ1n) is 12.2. The highest BCUT2D eigenvalue weighted by Gasteiger charge is 2.29. The number of methoxy groups -OCH3 is 1. The maximum Gasteiger partial charge on any atom is 0.410 e. The molecule has 1 saturated heterocycles. The molecule has 13 heteroatoms. The topological polar surface area (TPSA) is 146 Å². The summed E-state index contributed by atoms with van der Waals surface area (Å²) in [4.78, 5) is 36.8. The molecule has 13 nitrogen and oxygen atoms in total. The van der Waals surface area contributed by atoms with Gasteiger partial charge in [-0.05, 0) is 56.7 Å². The van der Waals surface area contributed by atoms with Gasteiger partial charge < -0.3 is 24.4 Å². The third kappa shape index (κ3) is 7.22. The molecule has 0 unspecified atom stereocenters. The maximum atomic E-state index is 12.8. The Hall–Kier alpha value is -4.13. The first-order chi connectivity index (χ1) is 18.1. The summed E-state index contributed by atoms with van der Waals surface area (Å²) in [6.07, 6.45) is -0.713. The molecule has 2 aromatic heterocycles. The second-order valence-electron chi connectivity index (χ2n) is 9.81. The number of hydrogen-bond acceptors (Lipinski definition) is 10. The summed E-state index contributed by atoms with van der Waals surface area (Å²) in [5, 5.41) is 15.5. The van der Waals surface area contributed by atoms with Crippen molar-refractivity contribution in [2.45, 2.75) is 52.5 Å². The molecule has 202 valence electrons. The highest BCUT2D eigenvalue weighted by Crippen LogP contribution is 2.16. The van der Waals surface area contributed by atoms with Gasteiger partial charge in [-0.2, -0.15) is 4.80 Å². The van der Waals surface area contributed by atoms with Gasteiger partial charge in [0.25, 0.3) is 5.91 Å². The van der Waals surface area contributed by atoms with Gasteiger partial charge in [0.1, 0.15) is 28.6 Å². The van der Waals surface area contributed by atoms with Gasteiger partial charge in [0.2, 0.25) is 5.82 Å². The molecule has 0 spiro atoms. The van der Waals surface area contributed by atoms with Gasteiger partial charge in [0.15, 0.2) is 0 Å². The Balaban J connectivity index is 1.39. The van der Waals surface area contributed by atoms with Crippen LogP contribution in [0.1, 0.15) is 42.6 Å². The van der Waals surface area contributed by atoms with E-state index in [1.165, 1.54) is 10.9 Å². The van der Waals surface area contributed by atoms with Crippen molar-refractivity contribution >= 4 is 12.0 Å². The van der Waals surface area contributed by atoms with E-state index in [9.17, 15) is 9.59 Å². The lowest BCUT2D eigenvalue weighted by atomic mass is 10.2. The van der Waals surface area contributed by atoms with Gasteiger partial charge in [0.05, 0.1) is 32.9 Å². The summed E-state index contributed by atoms with van der Waals surface area (Å²) in [6, 6.07) is 8.96. The van der Waals surface area contributed by atoms with Crippen LogP contribution in [0, 0.1) is 6.92 Å². The number of carbonyl (C=O) groups excluding carboxylic acids is 2. The number of ether oxygens (including phenoxy) is 3. The Labute approximate surface area is 220 Å². The predicted octanol–water partition coefficient (Wildman–Crippen LogP) is 2.01. The van der Waals surface area contributed by atoms with Crippen molar-refractivity contribution < 1.29 is 23.8 Å². The van der Waals surface area contributed by atoms with Crippen LogP contribution in [0.25, 0.3) is 11.5 Å². The lowest BCUT2D eigenvalue weighted by Crippen LogP contribution is -2.48. The van der Waals surface area contributed by atoms with Gasteiger partial charge in [-0.15, -0.1) is 10.2 Å². The highest BCUT2D eigenvalue weighted by molar-refractivity contribution is 5.93. The minimum absolute atomic E-state index is 0.190. The number of aryl methyl sites for hydroxylation is 1. The van der Waals surface area contributed by atoms with Crippen molar-refractivity contribution in [3.63, 3.8) is 0 Å². The number of carbonyl (C=O) groups is 2. The second-order valence-corrected chi connectivity index (χ2v) is 9.81. The van der Waals surface area contributed by atoms with Crippen LogP contribution >= 0.6 is 0 Å². The zero-order valence-electron chi connectivity index (χ0n) is 22.2. The Bertz CT molecular complexity index is 1290. The number of morpholine rings is 1. The van der Waals surface area contributed by atoms with Crippen LogP contribution in [-0.2, 0) is 22.6 Å². The molecule has 38 heavy (non-hydrogen) atoms. The van der Waals surface area contributed by atoms with Crippen LogP contribution in [-0.4, -0.2) is 85.6 Å². The molecule has 1 aliphatic heterocycles. The molecular weight excluding hydrogens is 492 g/mol. The van der Waals surface area contributed by atoms with E-state index in [2.05, 4.69) is 30.7 Å². The van der Waals surface area contributed by atoms with Crippen molar-refractivity contribution in [1.82, 2.24) is 40.4 Å². The van der Waals surface area contributed by atoms with Crippen molar-refractivity contribution in [1.29, 1.82) is 0 Å². The van der Waals surface area contributed by atoms with Gasteiger partial charge in [0, 0.05) is 13.1 Å². The minimum atomic E-state index is -0.576. The summed E-state index contributed by atoms with van der Waals surface area (Å²) in [5.74, 6) is 0.998. The SMILES string of the molecule is COc1cccc(CNC(=O)c2cc(-c3nnn(C[C@@H]4CN(C(=O)OC(C)(C)C)CCO4)n3)nc(C)n2)c1. The van der Waals surface area contributed by atoms with Gasteiger partial charge in [-0.1, -0.05) is 12.1 Å². The van der Waals surface area contributed by atoms with Crippen molar-refractivity contribution in [3.8, 4) is 17.3 Å². The number of nitrogens with zero attached hydrogens (tertiary/aromatic N) is 7. The van der Waals surface area contributed by atoms with Crippen LogP contribution in [0.5, 0.6) is 5.75 Å². The molecule has 1 aliphatic rings. The van der Waals surface area contributed by atoms with Crippen LogP contribution in [0.2, 0.25) is 0 Å². The van der Waals surface area contributed by atoms with E-state index in [-0.39, 0.29) is 36.2 Å². The number of benzene rings is 1. The molecule has 0 bridgehead atoms. The highest BCUT2D eigenvalue weighted by atomic mass is 16.6. The number of amides is 2. The molecule has 3 heterocycles. The predicted molar refractivity (Wildman–Crippen MR) is 135 cm³/mol. The Morgan fingerprint density at radius 1 is 1.21 bits per heavy atom. The standard InChI is InChI=1S/C25H32N8O5/c1-16-27-20(12-21(28-16)23(34)26-13-17-7-6-8-18(11-17)36-5)22-29-31-33(30-22)15-19-14-32(9-10-37-19)24(35)38-25(2,3)4/h6-8,11-12,19H,9-10,13-15H2,1-5H3,(H,26,34)/t19-/m0/s1. The van der Waals surface area contributed by atoms with E-state index in [4.69, 9.17) is 14.2 Å². The van der Waals surface area contributed by atoms with E-state index >= 15 is 0 Å².